The first kappa shape index (κ1) is 10.5. The first-order chi connectivity index (χ1) is 7.59. The van der Waals surface area contributed by atoms with Gasteiger partial charge in [-0.1, -0.05) is 11.2 Å². The van der Waals surface area contributed by atoms with Gasteiger partial charge in [0.2, 0.25) is 0 Å². The van der Waals surface area contributed by atoms with E-state index in [-0.39, 0.29) is 11.9 Å². The highest BCUT2D eigenvalue weighted by Crippen LogP contribution is 2.35. The number of hydrogen-bond donors (Lipinski definition) is 1. The Kier molecular flexibility index (Phi) is 2.55. The predicted molar refractivity (Wildman–Crippen MR) is 50.7 cm³/mol. The van der Waals surface area contributed by atoms with E-state index in [1.165, 1.54) is 0 Å². The Labute approximate surface area is 90.0 Å². The number of carbonyl (C=O) groups is 1. The molecular formula is C8H10N4O4. The van der Waals surface area contributed by atoms with E-state index in [0.717, 1.165) is 17.4 Å². The number of nitro groups is 1. The molecule has 86 valence electrons. The standard InChI is InChI=1S/C8H10N4O4/c13-8(14)5-2-1-3-6(5)11-9-4-7(10-11)12(15)16/h4-6H,1-3H2,(H,13,14). The molecule has 1 heterocycles. The van der Waals surface area contributed by atoms with E-state index in [4.69, 9.17) is 5.11 Å². The van der Waals surface area contributed by atoms with Gasteiger partial charge >= 0.3 is 11.8 Å². The van der Waals surface area contributed by atoms with Crippen molar-refractivity contribution in [3.05, 3.63) is 16.3 Å². The van der Waals surface area contributed by atoms with Gasteiger partial charge in [0.25, 0.3) is 0 Å². The summed E-state index contributed by atoms with van der Waals surface area (Å²) in [5.41, 5.74) is 0. The minimum atomic E-state index is -0.901. The highest BCUT2D eigenvalue weighted by molar-refractivity contribution is 5.70. The van der Waals surface area contributed by atoms with Gasteiger partial charge in [-0.2, -0.15) is 0 Å². The number of carboxylic acids is 1. The molecule has 0 aromatic carbocycles. The first-order valence-electron chi connectivity index (χ1n) is 4.88. The maximum atomic E-state index is 10.9. The molecule has 0 bridgehead atoms. The van der Waals surface area contributed by atoms with Gasteiger partial charge in [-0.25, -0.2) is 0 Å². The molecular weight excluding hydrogens is 216 g/mol. The molecule has 2 atom stereocenters. The summed E-state index contributed by atoms with van der Waals surface area (Å²) in [7, 11) is 0. The lowest BCUT2D eigenvalue weighted by molar-refractivity contribution is -0.389. The molecule has 1 fully saturated rings. The summed E-state index contributed by atoms with van der Waals surface area (Å²) in [6.07, 6.45) is 3.02. The van der Waals surface area contributed by atoms with E-state index in [0.29, 0.717) is 12.8 Å². The van der Waals surface area contributed by atoms with Gasteiger partial charge in [0.1, 0.15) is 6.04 Å². The fraction of sp³-hybridized carbons (Fsp3) is 0.625. The van der Waals surface area contributed by atoms with Crippen molar-refractivity contribution in [2.24, 2.45) is 5.92 Å². The van der Waals surface area contributed by atoms with Gasteiger partial charge in [-0.15, -0.1) is 5.10 Å². The summed E-state index contributed by atoms with van der Waals surface area (Å²) < 4.78 is 0. The largest absolute Gasteiger partial charge is 0.481 e. The second kappa shape index (κ2) is 3.87. The molecule has 1 aromatic heterocycles. The Morgan fingerprint density at radius 1 is 1.62 bits per heavy atom. The van der Waals surface area contributed by atoms with Crippen LogP contribution in [0.25, 0.3) is 0 Å². The highest BCUT2D eigenvalue weighted by atomic mass is 16.6. The first-order valence-corrected chi connectivity index (χ1v) is 4.88. The van der Waals surface area contributed by atoms with E-state index < -0.39 is 16.8 Å². The minimum absolute atomic E-state index is 0.351. The fourth-order valence-electron chi connectivity index (χ4n) is 2.02. The normalized spacial score (nSPS) is 24.5. The summed E-state index contributed by atoms with van der Waals surface area (Å²) in [4.78, 5) is 21.9. The Hall–Kier alpha value is -1.99. The third kappa shape index (κ3) is 1.73. The molecule has 0 saturated heterocycles. The summed E-state index contributed by atoms with van der Waals surface area (Å²) in [6, 6.07) is -0.369. The molecule has 8 nitrogen and oxygen atoms in total. The third-order valence-electron chi connectivity index (χ3n) is 2.78. The molecule has 1 aliphatic carbocycles. The quantitative estimate of drug-likeness (QED) is 0.597. The topological polar surface area (TPSA) is 111 Å². The maximum absolute atomic E-state index is 10.9. The highest BCUT2D eigenvalue weighted by Gasteiger charge is 2.37. The van der Waals surface area contributed by atoms with Gasteiger partial charge in [0.15, 0.2) is 6.20 Å². The number of rotatable bonds is 3. The second-order valence-electron chi connectivity index (χ2n) is 3.72. The van der Waals surface area contributed by atoms with Gasteiger partial charge in [-0.3, -0.25) is 4.79 Å². The van der Waals surface area contributed by atoms with Crippen LogP contribution in [0.1, 0.15) is 25.3 Å². The van der Waals surface area contributed by atoms with Gasteiger partial charge < -0.3 is 15.2 Å². The van der Waals surface area contributed by atoms with Crippen molar-refractivity contribution in [1.29, 1.82) is 0 Å². The van der Waals surface area contributed by atoms with E-state index in [1.54, 1.807) is 0 Å². The zero-order valence-corrected chi connectivity index (χ0v) is 8.31. The number of hydrogen-bond acceptors (Lipinski definition) is 5. The van der Waals surface area contributed by atoms with Crippen LogP contribution in [0.5, 0.6) is 0 Å². The second-order valence-corrected chi connectivity index (χ2v) is 3.72. The van der Waals surface area contributed by atoms with Crippen molar-refractivity contribution in [3.8, 4) is 0 Å². The maximum Gasteiger partial charge on any atom is 0.410 e. The number of carboxylic acid groups (broad SMARTS) is 1. The van der Waals surface area contributed by atoms with Crippen molar-refractivity contribution >= 4 is 11.8 Å². The molecule has 1 saturated carbocycles. The molecule has 0 aliphatic heterocycles. The molecule has 1 aliphatic rings. The van der Waals surface area contributed by atoms with Crippen LogP contribution < -0.4 is 0 Å². The van der Waals surface area contributed by atoms with Crippen LogP contribution in [0.2, 0.25) is 0 Å². The molecule has 1 N–H and O–H groups in total. The summed E-state index contributed by atoms with van der Waals surface area (Å²) in [6.45, 7) is 0. The zero-order chi connectivity index (χ0) is 11.7. The number of aromatic nitrogens is 3. The van der Waals surface area contributed by atoms with Crippen LogP contribution in [-0.2, 0) is 4.79 Å². The molecule has 0 spiro atoms. The van der Waals surface area contributed by atoms with E-state index in [2.05, 4.69) is 10.2 Å². The Bertz CT molecular complexity index is 429. The van der Waals surface area contributed by atoms with E-state index in [1.807, 2.05) is 0 Å². The number of aliphatic carboxylic acids is 1. The van der Waals surface area contributed by atoms with Crippen LogP contribution >= 0.6 is 0 Å². The molecule has 8 heteroatoms. The molecule has 0 radical (unpaired) electrons. The summed E-state index contributed by atoms with van der Waals surface area (Å²) >= 11 is 0. The minimum Gasteiger partial charge on any atom is -0.481 e. The fourth-order valence-corrected chi connectivity index (χ4v) is 2.02. The SMILES string of the molecule is O=C(O)C1CCCC1n1ncc([N+](=O)[O-])n1. The van der Waals surface area contributed by atoms with Crippen molar-refractivity contribution in [2.75, 3.05) is 0 Å². The Balaban J connectivity index is 2.22. The van der Waals surface area contributed by atoms with Crippen LogP contribution in [-0.4, -0.2) is 31.0 Å². The van der Waals surface area contributed by atoms with Crippen LogP contribution in [0.3, 0.4) is 0 Å². The Morgan fingerprint density at radius 3 is 2.94 bits per heavy atom. The van der Waals surface area contributed by atoms with E-state index in [9.17, 15) is 14.9 Å². The average molecular weight is 226 g/mol. The molecule has 1 aromatic rings. The van der Waals surface area contributed by atoms with Gasteiger partial charge in [-0.05, 0) is 17.8 Å². The third-order valence-corrected chi connectivity index (χ3v) is 2.78. The van der Waals surface area contributed by atoms with Crippen molar-refractivity contribution in [2.45, 2.75) is 25.3 Å². The summed E-state index contributed by atoms with van der Waals surface area (Å²) in [5.74, 6) is -1.80. The van der Waals surface area contributed by atoms with Crippen molar-refractivity contribution in [1.82, 2.24) is 15.0 Å². The van der Waals surface area contributed by atoms with Gasteiger partial charge in [0.05, 0.1) is 11.0 Å². The predicted octanol–water partition coefficient (Wildman–Crippen LogP) is 0.612. The average Bonchev–Trinajstić information content (AvgIpc) is 2.86. The number of nitrogens with zero attached hydrogens (tertiary/aromatic N) is 4. The molecule has 0 amide bonds. The van der Waals surface area contributed by atoms with Crippen molar-refractivity contribution in [3.63, 3.8) is 0 Å². The van der Waals surface area contributed by atoms with Crippen molar-refractivity contribution < 1.29 is 14.8 Å². The summed E-state index contributed by atoms with van der Waals surface area (Å²) in [5, 5.41) is 26.8. The lowest BCUT2D eigenvalue weighted by Crippen LogP contribution is -2.23. The molecule has 2 unspecified atom stereocenters. The van der Waals surface area contributed by atoms with Crippen LogP contribution in [0.4, 0.5) is 5.82 Å². The lowest BCUT2D eigenvalue weighted by Gasteiger charge is -2.10. The van der Waals surface area contributed by atoms with Gasteiger partial charge in [0, 0.05) is 0 Å². The molecule has 16 heavy (non-hydrogen) atoms. The van der Waals surface area contributed by atoms with Crippen LogP contribution in [0.15, 0.2) is 6.20 Å². The Morgan fingerprint density at radius 2 is 2.38 bits per heavy atom. The smallest absolute Gasteiger partial charge is 0.410 e. The van der Waals surface area contributed by atoms with Crippen LogP contribution in [0, 0.1) is 16.0 Å². The zero-order valence-electron chi connectivity index (χ0n) is 8.31. The van der Waals surface area contributed by atoms with E-state index >= 15 is 0 Å². The lowest BCUT2D eigenvalue weighted by atomic mass is 10.1. The molecule has 2 rings (SSSR count). The monoisotopic (exact) mass is 226 g/mol.